The predicted molar refractivity (Wildman–Crippen MR) is 62.9 cm³/mol. The first-order valence-corrected chi connectivity index (χ1v) is 5.38. The summed E-state index contributed by atoms with van der Waals surface area (Å²) in [5, 5.41) is 0. The summed E-state index contributed by atoms with van der Waals surface area (Å²) in [4.78, 5) is 13.7. The Morgan fingerprint density at radius 2 is 1.87 bits per heavy atom. The van der Waals surface area contributed by atoms with Gasteiger partial charge in [-0.25, -0.2) is 0 Å². The molecule has 0 radical (unpaired) electrons. The molecule has 1 rings (SSSR count). The van der Waals surface area contributed by atoms with Crippen molar-refractivity contribution in [1.29, 1.82) is 0 Å². The first-order valence-electron chi connectivity index (χ1n) is 5.38. The Morgan fingerprint density at radius 3 is 2.33 bits per heavy atom. The average Bonchev–Trinajstić information content (AvgIpc) is 2.26. The van der Waals surface area contributed by atoms with E-state index in [4.69, 9.17) is 0 Å². The SMILES string of the molecule is CCC(=O)[C@H](Cc1ccccc1)N(C)C. The number of ketones is 1. The van der Waals surface area contributed by atoms with Crippen LogP contribution in [0.5, 0.6) is 0 Å². The molecule has 0 aromatic heterocycles. The molecule has 15 heavy (non-hydrogen) atoms. The molecule has 0 saturated heterocycles. The van der Waals surface area contributed by atoms with Gasteiger partial charge in [0.25, 0.3) is 0 Å². The molecule has 0 aliphatic rings. The molecular weight excluding hydrogens is 186 g/mol. The molecule has 0 fully saturated rings. The fourth-order valence-corrected chi connectivity index (χ4v) is 1.66. The Kier molecular flexibility index (Phi) is 4.50. The van der Waals surface area contributed by atoms with E-state index >= 15 is 0 Å². The molecule has 2 nitrogen and oxygen atoms in total. The van der Waals surface area contributed by atoms with E-state index in [-0.39, 0.29) is 6.04 Å². The van der Waals surface area contributed by atoms with Crippen LogP contribution in [-0.2, 0) is 11.2 Å². The lowest BCUT2D eigenvalue weighted by molar-refractivity contribution is -0.123. The van der Waals surface area contributed by atoms with Crippen LogP contribution in [0.1, 0.15) is 18.9 Å². The molecule has 1 atom stereocenters. The van der Waals surface area contributed by atoms with Gasteiger partial charge in [-0.05, 0) is 26.1 Å². The minimum Gasteiger partial charge on any atom is -0.299 e. The van der Waals surface area contributed by atoms with Crippen molar-refractivity contribution < 1.29 is 4.79 Å². The normalized spacial score (nSPS) is 12.8. The first-order chi connectivity index (χ1) is 7.15. The monoisotopic (exact) mass is 205 g/mol. The minimum absolute atomic E-state index is 0.0115. The summed E-state index contributed by atoms with van der Waals surface area (Å²) in [5.74, 6) is 0.309. The number of nitrogens with zero attached hydrogens (tertiary/aromatic N) is 1. The number of likely N-dealkylation sites (N-methyl/N-ethyl adjacent to an activating group) is 1. The lowest BCUT2D eigenvalue weighted by atomic mass is 10.0. The van der Waals surface area contributed by atoms with E-state index in [2.05, 4.69) is 12.1 Å². The molecule has 0 amide bonds. The molecule has 1 aromatic carbocycles. The van der Waals surface area contributed by atoms with Gasteiger partial charge in [0.2, 0.25) is 0 Å². The Labute approximate surface area is 91.9 Å². The van der Waals surface area contributed by atoms with Crippen molar-refractivity contribution >= 4 is 5.78 Å². The summed E-state index contributed by atoms with van der Waals surface area (Å²) in [5.41, 5.74) is 1.22. The third-order valence-electron chi connectivity index (χ3n) is 2.62. The van der Waals surface area contributed by atoms with Gasteiger partial charge < -0.3 is 0 Å². The molecule has 0 heterocycles. The largest absolute Gasteiger partial charge is 0.299 e. The maximum atomic E-state index is 11.7. The average molecular weight is 205 g/mol. The summed E-state index contributed by atoms with van der Waals surface area (Å²) < 4.78 is 0. The summed E-state index contributed by atoms with van der Waals surface area (Å²) in [6, 6.07) is 10.2. The number of benzene rings is 1. The second-order valence-corrected chi connectivity index (χ2v) is 3.99. The van der Waals surface area contributed by atoms with Gasteiger partial charge in [-0.2, -0.15) is 0 Å². The fourth-order valence-electron chi connectivity index (χ4n) is 1.66. The highest BCUT2D eigenvalue weighted by molar-refractivity contribution is 5.83. The lowest BCUT2D eigenvalue weighted by Crippen LogP contribution is -2.37. The Balaban J connectivity index is 2.72. The van der Waals surface area contributed by atoms with E-state index < -0.39 is 0 Å². The second-order valence-electron chi connectivity index (χ2n) is 3.99. The zero-order valence-electron chi connectivity index (χ0n) is 9.73. The molecular formula is C13H19NO. The maximum absolute atomic E-state index is 11.7. The van der Waals surface area contributed by atoms with Crippen LogP contribution in [0.2, 0.25) is 0 Å². The van der Waals surface area contributed by atoms with Gasteiger partial charge >= 0.3 is 0 Å². The van der Waals surface area contributed by atoms with E-state index in [1.807, 2.05) is 44.1 Å². The van der Waals surface area contributed by atoms with E-state index in [0.29, 0.717) is 12.2 Å². The highest BCUT2D eigenvalue weighted by Gasteiger charge is 2.18. The van der Waals surface area contributed by atoms with Crippen molar-refractivity contribution in [3.63, 3.8) is 0 Å². The number of hydrogen-bond donors (Lipinski definition) is 0. The van der Waals surface area contributed by atoms with Gasteiger partial charge in [0, 0.05) is 6.42 Å². The van der Waals surface area contributed by atoms with Crippen LogP contribution < -0.4 is 0 Å². The Bertz CT molecular complexity index is 306. The first kappa shape index (κ1) is 11.9. The number of Topliss-reactive ketones (excluding diaryl/α,β-unsaturated/α-hetero) is 1. The number of rotatable bonds is 5. The summed E-state index contributed by atoms with van der Waals surface area (Å²) in [6.45, 7) is 1.92. The topological polar surface area (TPSA) is 20.3 Å². The molecule has 0 N–H and O–H groups in total. The molecule has 0 aliphatic carbocycles. The van der Waals surface area contributed by atoms with E-state index in [1.165, 1.54) is 5.56 Å². The smallest absolute Gasteiger partial charge is 0.150 e. The lowest BCUT2D eigenvalue weighted by Gasteiger charge is -2.22. The molecule has 1 aromatic rings. The molecule has 82 valence electrons. The standard InChI is InChI=1S/C13H19NO/c1-4-13(15)12(14(2)3)10-11-8-6-5-7-9-11/h5-9,12H,4,10H2,1-3H3/t12-/m0/s1. The van der Waals surface area contributed by atoms with Gasteiger partial charge in [-0.3, -0.25) is 9.69 Å². The highest BCUT2D eigenvalue weighted by Crippen LogP contribution is 2.08. The predicted octanol–water partition coefficient (Wildman–Crippen LogP) is 2.14. The van der Waals surface area contributed by atoms with Crippen molar-refractivity contribution in [2.45, 2.75) is 25.8 Å². The third kappa shape index (κ3) is 3.48. The Hall–Kier alpha value is -1.15. The minimum atomic E-state index is 0.0115. The van der Waals surface area contributed by atoms with Gasteiger partial charge in [0.1, 0.15) is 5.78 Å². The third-order valence-corrected chi connectivity index (χ3v) is 2.62. The van der Waals surface area contributed by atoms with Crippen LogP contribution in [0.15, 0.2) is 30.3 Å². The van der Waals surface area contributed by atoms with Gasteiger partial charge in [0.05, 0.1) is 6.04 Å². The van der Waals surface area contributed by atoms with Crippen LogP contribution in [0.3, 0.4) is 0 Å². The maximum Gasteiger partial charge on any atom is 0.150 e. The molecule has 2 heteroatoms. The molecule has 0 aliphatic heterocycles. The highest BCUT2D eigenvalue weighted by atomic mass is 16.1. The molecule has 0 saturated carbocycles. The molecule has 0 spiro atoms. The van der Waals surface area contributed by atoms with Crippen LogP contribution in [-0.4, -0.2) is 30.8 Å². The van der Waals surface area contributed by atoms with Gasteiger partial charge in [-0.15, -0.1) is 0 Å². The quantitative estimate of drug-likeness (QED) is 0.734. The summed E-state index contributed by atoms with van der Waals surface area (Å²) in [7, 11) is 3.92. The van der Waals surface area contributed by atoms with E-state index in [1.54, 1.807) is 0 Å². The number of carbonyl (C=O) groups excluding carboxylic acids is 1. The number of hydrogen-bond acceptors (Lipinski definition) is 2. The van der Waals surface area contributed by atoms with Crippen LogP contribution in [0, 0.1) is 0 Å². The van der Waals surface area contributed by atoms with Crippen molar-refractivity contribution in [2.24, 2.45) is 0 Å². The van der Waals surface area contributed by atoms with E-state index in [0.717, 1.165) is 6.42 Å². The van der Waals surface area contributed by atoms with Gasteiger partial charge in [0.15, 0.2) is 0 Å². The van der Waals surface area contributed by atoms with Crippen molar-refractivity contribution in [3.05, 3.63) is 35.9 Å². The number of carbonyl (C=O) groups is 1. The van der Waals surface area contributed by atoms with E-state index in [9.17, 15) is 4.79 Å². The van der Waals surface area contributed by atoms with Crippen LogP contribution >= 0.6 is 0 Å². The zero-order chi connectivity index (χ0) is 11.3. The van der Waals surface area contributed by atoms with Crippen molar-refractivity contribution in [2.75, 3.05) is 14.1 Å². The Morgan fingerprint density at radius 1 is 1.27 bits per heavy atom. The molecule has 0 unspecified atom stereocenters. The van der Waals surface area contributed by atoms with Crippen molar-refractivity contribution in [1.82, 2.24) is 4.90 Å². The van der Waals surface area contributed by atoms with Crippen LogP contribution in [0.25, 0.3) is 0 Å². The molecule has 0 bridgehead atoms. The summed E-state index contributed by atoms with van der Waals surface area (Å²) >= 11 is 0. The summed E-state index contributed by atoms with van der Waals surface area (Å²) in [6.07, 6.45) is 1.41. The van der Waals surface area contributed by atoms with Crippen LogP contribution in [0.4, 0.5) is 0 Å². The second kappa shape index (κ2) is 5.66. The fraction of sp³-hybridized carbons (Fsp3) is 0.462. The zero-order valence-corrected chi connectivity index (χ0v) is 9.73. The van der Waals surface area contributed by atoms with Crippen molar-refractivity contribution in [3.8, 4) is 0 Å². The van der Waals surface area contributed by atoms with Gasteiger partial charge in [-0.1, -0.05) is 37.3 Å².